The molecule has 0 bridgehead atoms. The Balaban J connectivity index is 1.23. The van der Waals surface area contributed by atoms with Crippen LogP contribution in [-0.2, 0) is 9.59 Å². The van der Waals surface area contributed by atoms with Crippen molar-refractivity contribution in [1.29, 1.82) is 0 Å². The third kappa shape index (κ3) is 5.60. The molecule has 2 heterocycles. The second-order valence-corrected chi connectivity index (χ2v) is 9.09. The second-order valence-electron chi connectivity index (χ2n) is 9.09. The third-order valence-corrected chi connectivity index (χ3v) is 6.23. The molecular formula is C25H21F3N6O5. The fraction of sp³-hybridized carbons (Fsp3) is 0.240. The monoisotopic (exact) mass is 542 g/mol. The minimum atomic E-state index is -1.47. The van der Waals surface area contributed by atoms with Crippen molar-refractivity contribution in [3.05, 3.63) is 66.2 Å². The molecule has 4 N–H and O–H groups in total. The fourth-order valence-electron chi connectivity index (χ4n) is 3.80. The summed E-state index contributed by atoms with van der Waals surface area (Å²) in [7, 11) is 0. The normalized spacial score (nSPS) is 15.6. The number of urea groups is 1. The number of halogens is 3. The molecular weight excluding hydrogens is 521 g/mol. The molecule has 2 aliphatic rings. The van der Waals surface area contributed by atoms with E-state index < -0.39 is 58.3 Å². The molecule has 202 valence electrons. The van der Waals surface area contributed by atoms with Crippen molar-refractivity contribution < 1.29 is 37.4 Å². The molecule has 1 aliphatic carbocycles. The minimum Gasteiger partial charge on any atom is -0.436 e. The Kier molecular flexibility index (Phi) is 6.78. The van der Waals surface area contributed by atoms with Gasteiger partial charge in [0.15, 0.2) is 17.4 Å². The number of amides is 4. The van der Waals surface area contributed by atoms with Crippen LogP contribution in [0.5, 0.6) is 11.6 Å². The van der Waals surface area contributed by atoms with Crippen LogP contribution in [0, 0.1) is 22.9 Å². The first-order chi connectivity index (χ1) is 18.6. The van der Waals surface area contributed by atoms with E-state index in [1.54, 1.807) is 0 Å². The molecule has 2 aromatic carbocycles. The van der Waals surface area contributed by atoms with E-state index in [1.807, 2.05) is 0 Å². The average molecular weight is 542 g/mol. The van der Waals surface area contributed by atoms with Gasteiger partial charge < -0.3 is 25.4 Å². The van der Waals surface area contributed by atoms with Crippen molar-refractivity contribution in [2.24, 2.45) is 5.41 Å². The van der Waals surface area contributed by atoms with Crippen molar-refractivity contribution in [3.63, 3.8) is 0 Å². The lowest BCUT2D eigenvalue weighted by atomic mass is 10.0. The average Bonchev–Trinajstić information content (AvgIpc) is 3.69. The highest BCUT2D eigenvalue weighted by atomic mass is 19.1. The first-order valence-electron chi connectivity index (χ1n) is 11.7. The molecule has 14 heteroatoms. The number of ether oxygens (including phenoxy) is 1. The molecule has 11 nitrogen and oxygen atoms in total. The summed E-state index contributed by atoms with van der Waals surface area (Å²) in [5, 5.41) is 16.6. The molecule has 0 atom stereocenters. The number of benzene rings is 2. The van der Waals surface area contributed by atoms with Crippen LogP contribution in [0.1, 0.15) is 12.8 Å². The quantitative estimate of drug-likeness (QED) is 0.335. The number of carbonyl (C=O) groups is 3. The van der Waals surface area contributed by atoms with E-state index >= 15 is 0 Å². The van der Waals surface area contributed by atoms with Crippen molar-refractivity contribution >= 4 is 35.0 Å². The zero-order valence-corrected chi connectivity index (χ0v) is 20.1. The van der Waals surface area contributed by atoms with E-state index in [2.05, 4.69) is 25.9 Å². The summed E-state index contributed by atoms with van der Waals surface area (Å²) in [6.07, 6.45) is 0.855. The Hall–Kier alpha value is -4.72. The third-order valence-electron chi connectivity index (χ3n) is 6.23. The van der Waals surface area contributed by atoms with Crippen molar-refractivity contribution in [1.82, 2.24) is 14.9 Å². The fourth-order valence-corrected chi connectivity index (χ4v) is 3.80. The largest absolute Gasteiger partial charge is 0.436 e. The highest BCUT2D eigenvalue weighted by Crippen LogP contribution is 2.47. The van der Waals surface area contributed by atoms with Gasteiger partial charge >= 0.3 is 6.03 Å². The number of rotatable bonds is 7. The molecule has 1 saturated carbocycles. The van der Waals surface area contributed by atoms with Crippen LogP contribution in [0.3, 0.4) is 0 Å². The number of hydrogen-bond donors (Lipinski definition) is 4. The van der Waals surface area contributed by atoms with Gasteiger partial charge in [-0.3, -0.25) is 14.9 Å². The number of carbonyl (C=O) groups excluding carboxylic acids is 3. The van der Waals surface area contributed by atoms with Crippen molar-refractivity contribution in [3.8, 4) is 11.6 Å². The van der Waals surface area contributed by atoms with Crippen LogP contribution >= 0.6 is 0 Å². The maximum atomic E-state index is 14.8. The van der Waals surface area contributed by atoms with Gasteiger partial charge in [0.1, 0.15) is 23.4 Å². The van der Waals surface area contributed by atoms with E-state index in [4.69, 9.17) is 4.74 Å². The Bertz CT molecular complexity index is 1440. The van der Waals surface area contributed by atoms with Crippen LogP contribution in [0.4, 0.5) is 35.2 Å². The highest BCUT2D eigenvalue weighted by Gasteiger charge is 2.56. The van der Waals surface area contributed by atoms with E-state index in [-0.39, 0.29) is 43.3 Å². The highest BCUT2D eigenvalue weighted by molar-refractivity contribution is 6.16. The standard InChI is InChI=1S/C25H21F3N6O5/c26-13-1-3-14(4-2-13)31-22(36)25(5-6-25)23(37)32-18-7-17(28)19(8-16(18)27)39-21-9-20(29-12-30-21)33-24(38)34-10-15(35)11-34/h1-4,7-9,12,15,35H,5-6,10-11H2,(H,31,36)(H,32,37)(H,29,30,33,38). The Morgan fingerprint density at radius 1 is 0.923 bits per heavy atom. The number of hydrogen-bond acceptors (Lipinski definition) is 7. The van der Waals surface area contributed by atoms with E-state index in [0.717, 1.165) is 18.5 Å². The van der Waals surface area contributed by atoms with Gasteiger partial charge in [-0.05, 0) is 37.1 Å². The first kappa shape index (κ1) is 25.9. The minimum absolute atomic E-state index is 0.0322. The number of anilines is 3. The van der Waals surface area contributed by atoms with Gasteiger partial charge in [0.25, 0.3) is 0 Å². The molecule has 3 aromatic rings. The lowest BCUT2D eigenvalue weighted by molar-refractivity contribution is -0.131. The molecule has 39 heavy (non-hydrogen) atoms. The number of aromatic nitrogens is 2. The smallest absolute Gasteiger partial charge is 0.323 e. The lowest BCUT2D eigenvalue weighted by Gasteiger charge is -2.35. The van der Waals surface area contributed by atoms with E-state index in [0.29, 0.717) is 12.1 Å². The summed E-state index contributed by atoms with van der Waals surface area (Å²) in [5.74, 6) is -4.75. The summed E-state index contributed by atoms with van der Waals surface area (Å²) >= 11 is 0. The molecule has 1 aliphatic heterocycles. The zero-order chi connectivity index (χ0) is 27.7. The van der Waals surface area contributed by atoms with Crippen LogP contribution < -0.4 is 20.7 Å². The predicted octanol–water partition coefficient (Wildman–Crippen LogP) is 3.25. The number of nitrogens with one attached hydrogen (secondary N) is 3. The molecule has 0 spiro atoms. The number of aliphatic hydroxyl groups excluding tert-OH is 1. The summed E-state index contributed by atoms with van der Waals surface area (Å²) in [6.45, 7) is 0.349. The molecule has 4 amide bonds. The number of nitrogens with zero attached hydrogens (tertiary/aromatic N) is 3. The maximum absolute atomic E-state index is 14.8. The van der Waals surface area contributed by atoms with Crippen LogP contribution in [0.15, 0.2) is 48.8 Å². The van der Waals surface area contributed by atoms with Gasteiger partial charge in [0, 0.05) is 23.9 Å². The predicted molar refractivity (Wildman–Crippen MR) is 130 cm³/mol. The summed E-state index contributed by atoms with van der Waals surface area (Å²) < 4.78 is 48.0. The number of likely N-dealkylation sites (tertiary alicyclic amines) is 1. The van der Waals surface area contributed by atoms with Gasteiger partial charge in [0.05, 0.1) is 24.9 Å². The summed E-state index contributed by atoms with van der Waals surface area (Å²) in [6, 6.07) is 7.05. The van der Waals surface area contributed by atoms with Crippen molar-refractivity contribution in [2.45, 2.75) is 18.9 Å². The SMILES string of the molecule is O=C(Nc1cc(Oc2cc(F)c(NC(=O)C3(C(=O)Nc4ccc(F)cc4)CC3)cc2F)ncn1)N1CC(O)C1. The second kappa shape index (κ2) is 10.2. The summed E-state index contributed by atoms with van der Waals surface area (Å²) in [5.41, 5.74) is -1.69. The van der Waals surface area contributed by atoms with Gasteiger partial charge in [-0.15, -0.1) is 0 Å². The molecule has 0 radical (unpaired) electrons. The Morgan fingerprint density at radius 3 is 2.28 bits per heavy atom. The molecule has 2 fully saturated rings. The van der Waals surface area contributed by atoms with Crippen LogP contribution in [0.25, 0.3) is 0 Å². The van der Waals surface area contributed by atoms with E-state index in [1.165, 1.54) is 23.1 Å². The molecule has 1 saturated heterocycles. The van der Waals surface area contributed by atoms with Crippen LogP contribution in [0.2, 0.25) is 0 Å². The van der Waals surface area contributed by atoms with Crippen LogP contribution in [-0.4, -0.2) is 57.0 Å². The molecule has 1 aromatic heterocycles. The summed E-state index contributed by atoms with van der Waals surface area (Å²) in [4.78, 5) is 46.6. The van der Waals surface area contributed by atoms with Gasteiger partial charge in [-0.2, -0.15) is 0 Å². The van der Waals surface area contributed by atoms with Gasteiger partial charge in [0.2, 0.25) is 17.7 Å². The van der Waals surface area contributed by atoms with Gasteiger partial charge in [-0.1, -0.05) is 0 Å². The van der Waals surface area contributed by atoms with Gasteiger partial charge in [-0.25, -0.2) is 27.9 Å². The lowest BCUT2D eigenvalue weighted by Crippen LogP contribution is -2.54. The first-order valence-corrected chi connectivity index (χ1v) is 11.7. The zero-order valence-electron chi connectivity index (χ0n) is 20.1. The number of aliphatic hydroxyl groups is 1. The van der Waals surface area contributed by atoms with E-state index in [9.17, 15) is 32.7 Å². The number of β-amino-alcohol motifs (C(OH)–C–C–N with tert-alkyl or cyclic N) is 1. The van der Waals surface area contributed by atoms with Crippen molar-refractivity contribution in [2.75, 3.05) is 29.0 Å². The maximum Gasteiger partial charge on any atom is 0.323 e. The molecule has 0 unspecified atom stereocenters. The topological polar surface area (TPSA) is 146 Å². The molecule has 5 rings (SSSR count). The Morgan fingerprint density at radius 2 is 1.62 bits per heavy atom. The Labute approximate surface area is 219 Å².